The molecule has 2 N–H and O–H groups in total. The van der Waals surface area contributed by atoms with Gasteiger partial charge in [-0.05, 0) is 43.0 Å². The molecule has 2 aromatic rings. The van der Waals surface area contributed by atoms with Gasteiger partial charge in [0.1, 0.15) is 11.6 Å². The van der Waals surface area contributed by atoms with Gasteiger partial charge in [0, 0.05) is 24.7 Å². The molecule has 5 aliphatic rings. The molecule has 2 bridgehead atoms. The van der Waals surface area contributed by atoms with Crippen LogP contribution in [0.4, 0.5) is 5.69 Å². The van der Waals surface area contributed by atoms with Crippen LogP contribution in [0.15, 0.2) is 48.0 Å². The molecule has 0 aliphatic carbocycles. The lowest BCUT2D eigenvalue weighted by Crippen LogP contribution is -2.82. The van der Waals surface area contributed by atoms with Gasteiger partial charge in [-0.15, -0.1) is 0 Å². The Hall–Kier alpha value is -3.52. The number of carbonyl (C=O) groups excluding carboxylic acids is 2. The van der Waals surface area contributed by atoms with Crippen LogP contribution >= 0.6 is 0 Å². The van der Waals surface area contributed by atoms with E-state index in [1.807, 2.05) is 36.1 Å². The van der Waals surface area contributed by atoms with Gasteiger partial charge in [-0.2, -0.15) is 0 Å². The smallest absolute Gasteiger partial charge is 0.344 e. The van der Waals surface area contributed by atoms with E-state index in [0.29, 0.717) is 24.9 Å². The van der Waals surface area contributed by atoms with Crippen LogP contribution in [-0.2, 0) is 19.7 Å². The van der Waals surface area contributed by atoms with Gasteiger partial charge in [0.15, 0.2) is 11.5 Å². The van der Waals surface area contributed by atoms with Gasteiger partial charge < -0.3 is 24.6 Å². The minimum Gasteiger partial charge on any atom is -0.504 e. The van der Waals surface area contributed by atoms with Crippen molar-refractivity contribution in [3.05, 3.63) is 64.7 Å². The maximum atomic E-state index is 13.6. The molecule has 8 heteroatoms. The molecule has 0 unspecified atom stereocenters. The van der Waals surface area contributed by atoms with E-state index in [9.17, 15) is 19.8 Å². The average Bonchev–Trinajstić information content (AvgIpc) is 3.12. The zero-order chi connectivity index (χ0) is 24.3. The summed E-state index contributed by atoms with van der Waals surface area (Å²) >= 11 is 0. The van der Waals surface area contributed by atoms with Crippen LogP contribution in [0.2, 0.25) is 0 Å². The third kappa shape index (κ3) is 2.10. The summed E-state index contributed by atoms with van der Waals surface area (Å²) in [6.45, 7) is 3.47. The number of rotatable bonds is 1. The number of aromatic hydroxyl groups is 2. The molecule has 5 atom stereocenters. The first-order valence-electron chi connectivity index (χ1n) is 12.0. The zero-order valence-corrected chi connectivity index (χ0v) is 19.5. The average molecular weight is 475 g/mol. The highest BCUT2D eigenvalue weighted by Gasteiger charge is 2.78. The lowest BCUT2D eigenvalue weighted by atomic mass is 9.56. The second-order valence-corrected chi connectivity index (χ2v) is 10.1. The summed E-state index contributed by atoms with van der Waals surface area (Å²) in [4.78, 5) is 31.5. The van der Waals surface area contributed by atoms with Crippen LogP contribution in [-0.4, -0.2) is 65.1 Å². The topological polar surface area (TPSA) is 99.5 Å². The minimum absolute atomic E-state index is 0.00224. The maximum Gasteiger partial charge on any atom is 0.344 e. The first kappa shape index (κ1) is 20.8. The number of anilines is 1. The first-order chi connectivity index (χ1) is 16.9. The van der Waals surface area contributed by atoms with Gasteiger partial charge in [-0.3, -0.25) is 4.90 Å². The molecule has 3 saturated heterocycles. The van der Waals surface area contributed by atoms with Crippen molar-refractivity contribution in [2.75, 3.05) is 25.1 Å². The number of nitrogens with zero attached hydrogens (tertiary/aromatic N) is 2. The monoisotopic (exact) mass is 474 g/mol. The van der Waals surface area contributed by atoms with Gasteiger partial charge in [-0.1, -0.05) is 35.9 Å². The molecule has 7 rings (SSSR count). The number of carbonyl (C=O) groups is 2. The van der Waals surface area contributed by atoms with Crippen molar-refractivity contribution in [2.24, 2.45) is 5.92 Å². The zero-order valence-electron chi connectivity index (χ0n) is 19.5. The van der Waals surface area contributed by atoms with E-state index in [-0.39, 0.29) is 29.2 Å². The summed E-state index contributed by atoms with van der Waals surface area (Å²) in [7, 11) is 1.40. The number of methoxy groups -OCH3 is 1. The Labute approximate surface area is 202 Å². The van der Waals surface area contributed by atoms with Crippen LogP contribution in [0.25, 0.3) is 0 Å². The molecule has 180 valence electrons. The number of phenolic OH excluding ortho intramolecular Hbond substituents is 2. The second kappa shape index (κ2) is 6.57. The number of para-hydroxylation sites is 1. The molecular formula is C27H26N2O6. The number of piperidine rings is 3. The fraction of sp³-hybridized carbons (Fsp3) is 0.407. The Kier molecular flexibility index (Phi) is 3.91. The van der Waals surface area contributed by atoms with Gasteiger partial charge in [0.2, 0.25) is 5.72 Å². The molecule has 3 fully saturated rings. The van der Waals surface area contributed by atoms with Crippen LogP contribution in [0, 0.1) is 5.92 Å². The Morgan fingerprint density at radius 1 is 1.20 bits per heavy atom. The number of fused-ring (bicyclic) bond motifs is 4. The highest BCUT2D eigenvalue weighted by molar-refractivity contribution is 6.00. The SMILES string of the molecule is C/C=C1/CN2CC[C@@]34c5ccccc5N5[C@H](C(=O)OC)[C@H]1C[C@H]2[C@@]53OC(=O)c1c4ccc(O)c1O. The predicted molar refractivity (Wildman–Crippen MR) is 125 cm³/mol. The number of phenols is 2. The molecule has 2 aromatic carbocycles. The third-order valence-corrected chi connectivity index (χ3v) is 9.14. The number of allylic oxidation sites excluding steroid dienone is 1. The summed E-state index contributed by atoms with van der Waals surface area (Å²) in [5.74, 6) is -1.95. The van der Waals surface area contributed by atoms with Crippen molar-refractivity contribution in [1.29, 1.82) is 0 Å². The summed E-state index contributed by atoms with van der Waals surface area (Å²) in [5, 5.41) is 21.0. The number of hydrogen-bond donors (Lipinski definition) is 2. The van der Waals surface area contributed by atoms with Crippen LogP contribution in [0.3, 0.4) is 0 Å². The van der Waals surface area contributed by atoms with Gasteiger partial charge in [-0.25, -0.2) is 9.59 Å². The van der Waals surface area contributed by atoms with E-state index in [0.717, 1.165) is 17.8 Å². The summed E-state index contributed by atoms with van der Waals surface area (Å²) < 4.78 is 11.8. The van der Waals surface area contributed by atoms with E-state index in [1.54, 1.807) is 6.07 Å². The van der Waals surface area contributed by atoms with E-state index >= 15 is 0 Å². The Balaban J connectivity index is 1.61. The van der Waals surface area contributed by atoms with Crippen molar-refractivity contribution in [3.63, 3.8) is 0 Å². The molecule has 5 heterocycles. The Morgan fingerprint density at radius 2 is 2.00 bits per heavy atom. The number of benzene rings is 2. The molecule has 0 radical (unpaired) electrons. The Morgan fingerprint density at radius 3 is 2.77 bits per heavy atom. The van der Waals surface area contributed by atoms with Crippen LogP contribution in [0.1, 0.15) is 41.3 Å². The summed E-state index contributed by atoms with van der Waals surface area (Å²) in [6.07, 6.45) is 3.37. The molecule has 8 nitrogen and oxygen atoms in total. The van der Waals surface area contributed by atoms with Crippen molar-refractivity contribution in [2.45, 2.75) is 43.0 Å². The minimum atomic E-state index is -1.18. The van der Waals surface area contributed by atoms with Crippen molar-refractivity contribution in [1.82, 2.24) is 4.90 Å². The maximum absolute atomic E-state index is 13.6. The van der Waals surface area contributed by atoms with Gasteiger partial charge >= 0.3 is 11.9 Å². The third-order valence-electron chi connectivity index (χ3n) is 9.14. The van der Waals surface area contributed by atoms with Gasteiger partial charge in [0.25, 0.3) is 0 Å². The van der Waals surface area contributed by atoms with Crippen molar-refractivity contribution < 1.29 is 29.3 Å². The number of hydrogen-bond acceptors (Lipinski definition) is 8. The summed E-state index contributed by atoms with van der Waals surface area (Å²) in [6, 6.07) is 10.3. The summed E-state index contributed by atoms with van der Waals surface area (Å²) in [5.41, 5.74) is 1.63. The number of esters is 2. The normalized spacial score (nSPS) is 35.1. The molecule has 35 heavy (non-hydrogen) atoms. The lowest BCUT2D eigenvalue weighted by Gasteiger charge is -2.67. The molecular weight excluding hydrogens is 448 g/mol. The highest BCUT2D eigenvalue weighted by Crippen LogP contribution is 2.69. The molecule has 1 spiro atoms. The fourth-order valence-corrected chi connectivity index (χ4v) is 7.91. The van der Waals surface area contributed by atoms with Crippen LogP contribution in [0.5, 0.6) is 11.5 Å². The number of ether oxygens (including phenoxy) is 2. The highest BCUT2D eigenvalue weighted by atomic mass is 16.6. The fourth-order valence-electron chi connectivity index (χ4n) is 7.91. The predicted octanol–water partition coefficient (Wildman–Crippen LogP) is 2.67. The van der Waals surface area contributed by atoms with E-state index < -0.39 is 28.9 Å². The first-order valence-corrected chi connectivity index (χ1v) is 12.0. The second-order valence-electron chi connectivity index (χ2n) is 10.1. The van der Waals surface area contributed by atoms with Crippen molar-refractivity contribution >= 4 is 17.6 Å². The Bertz CT molecular complexity index is 1350. The molecule has 5 aliphatic heterocycles. The van der Waals surface area contributed by atoms with Crippen LogP contribution < -0.4 is 4.90 Å². The largest absolute Gasteiger partial charge is 0.504 e. The quantitative estimate of drug-likeness (QED) is 0.370. The van der Waals surface area contributed by atoms with E-state index in [4.69, 9.17) is 9.47 Å². The molecule has 0 saturated carbocycles. The lowest BCUT2D eigenvalue weighted by molar-refractivity contribution is -0.174. The standard InChI is InChI=1S/C27H26N2O6/c1-3-14-13-28-11-10-26-16-6-4-5-7-18(16)29-22(25(33)34-2)15(14)12-20(28)27(26,29)35-24(32)21-17(26)8-9-19(30)23(21)31/h3-9,15,20,22,30-31H,10-13H2,1-2H3/b14-3-/t15-,20-,22-,26-,27-/m0/s1. The van der Waals surface area contributed by atoms with E-state index in [1.165, 1.54) is 18.7 Å². The van der Waals surface area contributed by atoms with Crippen molar-refractivity contribution in [3.8, 4) is 11.5 Å². The molecule has 0 amide bonds. The van der Waals surface area contributed by atoms with E-state index in [2.05, 4.69) is 11.0 Å². The molecule has 0 aromatic heterocycles. The van der Waals surface area contributed by atoms with Gasteiger partial charge in [0.05, 0.1) is 18.6 Å².